The Bertz CT molecular complexity index is 527. The molecule has 5 nitrogen and oxygen atoms in total. The Kier molecular flexibility index (Phi) is 5.34. The van der Waals surface area contributed by atoms with E-state index < -0.39 is 10.0 Å². The van der Waals surface area contributed by atoms with Crippen LogP contribution in [0, 0.1) is 0 Å². The lowest BCUT2D eigenvalue weighted by Crippen LogP contribution is -2.34. The summed E-state index contributed by atoms with van der Waals surface area (Å²) in [7, 11) is -0.499. The highest BCUT2D eigenvalue weighted by molar-refractivity contribution is 7.89. The molecule has 0 radical (unpaired) electrons. The van der Waals surface area contributed by atoms with Crippen LogP contribution < -0.4 is 4.74 Å². The molecule has 0 saturated carbocycles. The molecule has 1 rings (SSSR count). The lowest BCUT2D eigenvalue weighted by molar-refractivity contribution is 0.273. The van der Waals surface area contributed by atoms with Gasteiger partial charge in [0.2, 0.25) is 10.0 Å². The molecule has 0 saturated heterocycles. The number of aliphatic hydroxyl groups is 1. The fourth-order valence-corrected chi connectivity index (χ4v) is 3.19. The Morgan fingerprint density at radius 2 is 2.05 bits per heavy atom. The fraction of sp³-hybridized carbons (Fsp3) is 0.538. The maximum absolute atomic E-state index is 12.4. The Morgan fingerprint density at radius 3 is 2.53 bits per heavy atom. The number of hydrogen-bond acceptors (Lipinski definition) is 4. The van der Waals surface area contributed by atoms with Gasteiger partial charge in [0.15, 0.2) is 0 Å². The van der Waals surface area contributed by atoms with E-state index in [1.54, 1.807) is 13.1 Å². The summed E-state index contributed by atoms with van der Waals surface area (Å²) >= 11 is 0. The van der Waals surface area contributed by atoms with Crippen LogP contribution in [-0.4, -0.2) is 38.0 Å². The average molecular weight is 287 g/mol. The first kappa shape index (κ1) is 15.9. The van der Waals surface area contributed by atoms with Crippen molar-refractivity contribution < 1.29 is 18.3 Å². The Morgan fingerprint density at radius 1 is 1.42 bits per heavy atom. The van der Waals surface area contributed by atoms with Gasteiger partial charge in [0.1, 0.15) is 5.75 Å². The molecule has 1 atom stereocenters. The molecule has 0 bridgehead atoms. The molecule has 0 aliphatic carbocycles. The van der Waals surface area contributed by atoms with Gasteiger partial charge in [-0.15, -0.1) is 0 Å². The van der Waals surface area contributed by atoms with Crippen molar-refractivity contribution in [1.82, 2.24) is 4.31 Å². The fourth-order valence-electron chi connectivity index (χ4n) is 1.70. The minimum absolute atomic E-state index is 0.0790. The number of methoxy groups -OCH3 is 1. The molecule has 0 spiro atoms. The van der Waals surface area contributed by atoms with E-state index in [9.17, 15) is 13.5 Å². The van der Waals surface area contributed by atoms with Gasteiger partial charge in [-0.05, 0) is 31.5 Å². The second kappa shape index (κ2) is 6.36. The molecule has 19 heavy (non-hydrogen) atoms. The van der Waals surface area contributed by atoms with Crippen molar-refractivity contribution in [2.75, 3.05) is 14.2 Å². The molecule has 1 aromatic carbocycles. The molecule has 1 N–H and O–H groups in total. The molecule has 0 aliphatic heterocycles. The van der Waals surface area contributed by atoms with Crippen LogP contribution in [0.5, 0.6) is 5.75 Å². The molecule has 6 heteroatoms. The first-order valence-electron chi connectivity index (χ1n) is 6.14. The second-order valence-corrected chi connectivity index (χ2v) is 6.41. The minimum Gasteiger partial charge on any atom is -0.496 e. The molecular formula is C13H21NO4S. The van der Waals surface area contributed by atoms with Gasteiger partial charge >= 0.3 is 0 Å². The molecule has 0 fully saturated rings. The molecule has 1 aromatic rings. The standard InChI is InChI=1S/C13H21NO4S/c1-5-10(2)14(3)19(16,17)12-6-7-13(18-4)11(8-12)9-15/h6-8,10,15H,5,9H2,1-4H3. The van der Waals surface area contributed by atoms with Crippen LogP contribution in [0.1, 0.15) is 25.8 Å². The van der Waals surface area contributed by atoms with Crippen molar-refractivity contribution in [3.05, 3.63) is 23.8 Å². The minimum atomic E-state index is -3.54. The number of sulfonamides is 1. The van der Waals surface area contributed by atoms with Crippen molar-refractivity contribution >= 4 is 10.0 Å². The first-order chi connectivity index (χ1) is 8.88. The largest absolute Gasteiger partial charge is 0.496 e. The van der Waals surface area contributed by atoms with Crippen molar-refractivity contribution in [1.29, 1.82) is 0 Å². The SMILES string of the molecule is CCC(C)N(C)S(=O)(=O)c1ccc(OC)c(CO)c1. The number of aliphatic hydroxyl groups excluding tert-OH is 1. The molecule has 0 aliphatic rings. The van der Waals surface area contributed by atoms with Crippen LogP contribution in [0.2, 0.25) is 0 Å². The van der Waals surface area contributed by atoms with Crippen LogP contribution in [-0.2, 0) is 16.6 Å². The summed E-state index contributed by atoms with van der Waals surface area (Å²) in [6.07, 6.45) is 0.735. The van der Waals surface area contributed by atoms with Gasteiger partial charge in [0.25, 0.3) is 0 Å². The van der Waals surface area contributed by atoms with Gasteiger partial charge in [0.05, 0.1) is 18.6 Å². The lowest BCUT2D eigenvalue weighted by atomic mass is 10.2. The van der Waals surface area contributed by atoms with E-state index in [2.05, 4.69) is 0 Å². The summed E-state index contributed by atoms with van der Waals surface area (Å²) < 4.78 is 31.2. The van der Waals surface area contributed by atoms with E-state index in [1.807, 2.05) is 13.8 Å². The van der Waals surface area contributed by atoms with Gasteiger partial charge in [-0.2, -0.15) is 4.31 Å². The molecule has 1 unspecified atom stereocenters. The summed E-state index contributed by atoms with van der Waals surface area (Å²) in [6, 6.07) is 4.42. The Balaban J connectivity index is 3.22. The van der Waals surface area contributed by atoms with Gasteiger partial charge < -0.3 is 9.84 Å². The summed E-state index contributed by atoms with van der Waals surface area (Å²) in [5.41, 5.74) is 0.459. The van der Waals surface area contributed by atoms with E-state index in [1.165, 1.54) is 23.5 Å². The first-order valence-corrected chi connectivity index (χ1v) is 7.58. The maximum Gasteiger partial charge on any atom is 0.243 e. The van der Waals surface area contributed by atoms with Crippen molar-refractivity contribution in [3.8, 4) is 5.75 Å². The van der Waals surface area contributed by atoms with Crippen LogP contribution in [0.3, 0.4) is 0 Å². The smallest absolute Gasteiger partial charge is 0.243 e. The van der Waals surface area contributed by atoms with E-state index in [4.69, 9.17) is 4.74 Å². The van der Waals surface area contributed by atoms with Crippen LogP contribution in [0.15, 0.2) is 23.1 Å². The predicted molar refractivity (Wildman–Crippen MR) is 73.6 cm³/mol. The third-order valence-electron chi connectivity index (χ3n) is 3.31. The van der Waals surface area contributed by atoms with E-state index in [0.717, 1.165) is 6.42 Å². The summed E-state index contributed by atoms with van der Waals surface area (Å²) in [5.74, 6) is 0.479. The number of hydrogen-bond donors (Lipinski definition) is 1. The third kappa shape index (κ3) is 3.26. The number of ether oxygens (including phenoxy) is 1. The summed E-state index contributed by atoms with van der Waals surface area (Å²) in [4.78, 5) is 0.167. The Hall–Kier alpha value is -1.11. The summed E-state index contributed by atoms with van der Waals surface area (Å²) in [6.45, 7) is 3.53. The van der Waals surface area contributed by atoms with Crippen LogP contribution in [0.4, 0.5) is 0 Å². The van der Waals surface area contributed by atoms with Gasteiger partial charge in [0, 0.05) is 18.7 Å². The van der Waals surface area contributed by atoms with Gasteiger partial charge in [-0.1, -0.05) is 6.92 Å². The molecular weight excluding hydrogens is 266 g/mol. The lowest BCUT2D eigenvalue weighted by Gasteiger charge is -2.23. The van der Waals surface area contributed by atoms with E-state index in [0.29, 0.717) is 11.3 Å². The van der Waals surface area contributed by atoms with Crippen molar-refractivity contribution in [2.24, 2.45) is 0 Å². The maximum atomic E-state index is 12.4. The predicted octanol–water partition coefficient (Wildman–Crippen LogP) is 1.61. The quantitative estimate of drug-likeness (QED) is 0.863. The highest BCUT2D eigenvalue weighted by atomic mass is 32.2. The number of nitrogens with zero attached hydrogens (tertiary/aromatic N) is 1. The zero-order chi connectivity index (χ0) is 14.6. The zero-order valence-corrected chi connectivity index (χ0v) is 12.6. The van der Waals surface area contributed by atoms with E-state index in [-0.39, 0.29) is 17.5 Å². The topological polar surface area (TPSA) is 66.8 Å². The summed E-state index contributed by atoms with van der Waals surface area (Å²) in [5, 5.41) is 9.25. The molecule has 0 heterocycles. The highest BCUT2D eigenvalue weighted by Crippen LogP contribution is 2.25. The monoisotopic (exact) mass is 287 g/mol. The van der Waals surface area contributed by atoms with Gasteiger partial charge in [-0.25, -0.2) is 8.42 Å². The molecule has 0 amide bonds. The number of benzene rings is 1. The molecule has 108 valence electrons. The molecule has 0 aromatic heterocycles. The highest BCUT2D eigenvalue weighted by Gasteiger charge is 2.25. The second-order valence-electron chi connectivity index (χ2n) is 4.41. The third-order valence-corrected chi connectivity index (χ3v) is 5.28. The van der Waals surface area contributed by atoms with Crippen LogP contribution in [0.25, 0.3) is 0 Å². The van der Waals surface area contributed by atoms with Crippen molar-refractivity contribution in [2.45, 2.75) is 37.8 Å². The normalized spacial score (nSPS) is 13.6. The number of rotatable bonds is 6. The average Bonchev–Trinajstić information content (AvgIpc) is 2.44. The van der Waals surface area contributed by atoms with E-state index >= 15 is 0 Å². The zero-order valence-electron chi connectivity index (χ0n) is 11.8. The van der Waals surface area contributed by atoms with Crippen LogP contribution >= 0.6 is 0 Å². The van der Waals surface area contributed by atoms with Crippen molar-refractivity contribution in [3.63, 3.8) is 0 Å². The Labute approximate surface area is 114 Å². The van der Waals surface area contributed by atoms with Gasteiger partial charge in [-0.3, -0.25) is 0 Å².